The fourth-order valence-corrected chi connectivity index (χ4v) is 7.92. The Balaban J connectivity index is 1.21. The molecular formula is C39H32ClNO7. The van der Waals surface area contributed by atoms with Gasteiger partial charge in [-0.25, -0.2) is 0 Å². The third-order valence-corrected chi connectivity index (χ3v) is 10.2. The first-order valence-corrected chi connectivity index (χ1v) is 16.1. The number of nitrogens with zero attached hydrogens (tertiary/aromatic N) is 1. The number of Topliss-reactive ketones (excluding diaryl/α,β-unsaturated/α-hetero) is 1. The van der Waals surface area contributed by atoms with Gasteiger partial charge in [-0.2, -0.15) is 0 Å². The number of hydrogen-bond donors (Lipinski definition) is 1. The van der Waals surface area contributed by atoms with Gasteiger partial charge in [-0.15, -0.1) is 0 Å². The average Bonchev–Trinajstić information content (AvgIpc) is 3.34. The summed E-state index contributed by atoms with van der Waals surface area (Å²) in [7, 11) is 3.20. The first-order chi connectivity index (χ1) is 23.1. The van der Waals surface area contributed by atoms with Crippen molar-refractivity contribution in [3.63, 3.8) is 0 Å². The molecule has 0 radical (unpaired) electrons. The van der Waals surface area contributed by atoms with Crippen molar-refractivity contribution in [2.75, 3.05) is 19.1 Å². The lowest BCUT2D eigenvalue weighted by atomic mass is 9.59. The minimum atomic E-state index is -0.709. The third kappa shape index (κ3) is 5.08. The number of hydrogen-bond acceptors (Lipinski definition) is 7. The van der Waals surface area contributed by atoms with Gasteiger partial charge < -0.3 is 14.6 Å². The number of allylic oxidation sites excluding steroid dienone is 6. The Morgan fingerprint density at radius 1 is 0.896 bits per heavy atom. The number of amides is 2. The summed E-state index contributed by atoms with van der Waals surface area (Å²) in [4.78, 5) is 56.4. The van der Waals surface area contributed by atoms with E-state index in [0.29, 0.717) is 45.9 Å². The maximum absolute atomic E-state index is 14.3. The normalized spacial score (nSPS) is 23.5. The summed E-state index contributed by atoms with van der Waals surface area (Å²) in [5.74, 6) is -2.24. The van der Waals surface area contributed by atoms with Crippen molar-refractivity contribution in [3.8, 4) is 17.2 Å². The molecule has 8 nitrogen and oxygen atoms in total. The van der Waals surface area contributed by atoms with Crippen LogP contribution in [0.4, 0.5) is 5.69 Å². The largest absolute Gasteiger partial charge is 0.508 e. The van der Waals surface area contributed by atoms with Crippen molar-refractivity contribution in [1.29, 1.82) is 0 Å². The molecule has 3 aromatic carbocycles. The molecule has 4 aliphatic rings. The molecule has 1 N–H and O–H groups in total. The van der Waals surface area contributed by atoms with Crippen LogP contribution in [0, 0.1) is 17.8 Å². The minimum Gasteiger partial charge on any atom is -0.508 e. The summed E-state index contributed by atoms with van der Waals surface area (Å²) >= 11 is 6.64. The number of methoxy groups -OCH3 is 2. The SMILES string of the molecule is COc1ccc(OC)c(C=Cc2ccc(N3C(=O)C4CC=C5C(c6ccc(O)cc6Cl)C6=C(CC5C4C3=O)C(=O)C(C)=CC6=O)cc2)c1. The van der Waals surface area contributed by atoms with E-state index in [4.69, 9.17) is 21.1 Å². The fourth-order valence-electron chi connectivity index (χ4n) is 7.63. The quantitative estimate of drug-likeness (QED) is 0.133. The molecule has 1 saturated heterocycles. The monoisotopic (exact) mass is 661 g/mol. The van der Waals surface area contributed by atoms with Crippen LogP contribution in [0.2, 0.25) is 5.02 Å². The van der Waals surface area contributed by atoms with E-state index in [0.717, 1.165) is 16.7 Å². The van der Waals surface area contributed by atoms with E-state index in [1.807, 2.05) is 48.6 Å². The lowest BCUT2D eigenvalue weighted by Gasteiger charge is -2.42. The van der Waals surface area contributed by atoms with Crippen LogP contribution in [0.15, 0.2) is 95.1 Å². The van der Waals surface area contributed by atoms with Crippen LogP contribution in [-0.2, 0) is 19.2 Å². The molecule has 0 spiro atoms. The minimum absolute atomic E-state index is 0.0291. The number of carbonyl (C=O) groups excluding carboxylic acids is 4. The first-order valence-electron chi connectivity index (χ1n) is 15.7. The van der Waals surface area contributed by atoms with E-state index in [1.54, 1.807) is 39.3 Å². The lowest BCUT2D eigenvalue weighted by Crippen LogP contribution is -2.39. The van der Waals surface area contributed by atoms with Crippen LogP contribution in [0.5, 0.6) is 17.2 Å². The number of imide groups is 1. The van der Waals surface area contributed by atoms with Gasteiger partial charge in [0, 0.05) is 33.2 Å². The van der Waals surface area contributed by atoms with Crippen molar-refractivity contribution < 1.29 is 33.8 Å². The summed E-state index contributed by atoms with van der Waals surface area (Å²) in [6, 6.07) is 17.3. The molecule has 3 aromatic rings. The van der Waals surface area contributed by atoms with Crippen LogP contribution in [0.1, 0.15) is 42.4 Å². The van der Waals surface area contributed by atoms with Crippen LogP contribution < -0.4 is 14.4 Å². The number of halogens is 1. The number of phenolic OH excluding ortho intramolecular Hbond substituents is 1. The first kappa shape index (κ1) is 31.4. The van der Waals surface area contributed by atoms with Gasteiger partial charge in [-0.05, 0) is 85.4 Å². The summed E-state index contributed by atoms with van der Waals surface area (Å²) in [5, 5.41) is 10.3. The highest BCUT2D eigenvalue weighted by Gasteiger charge is 2.56. The zero-order chi connectivity index (χ0) is 33.9. The Morgan fingerprint density at radius 2 is 1.67 bits per heavy atom. The molecule has 1 fully saturated rings. The Kier molecular flexibility index (Phi) is 7.92. The van der Waals surface area contributed by atoms with Gasteiger partial charge in [0.05, 0.1) is 31.7 Å². The topological polar surface area (TPSA) is 110 Å². The molecule has 0 aromatic heterocycles. The molecule has 0 bridgehead atoms. The number of anilines is 1. The standard InChI is InChI=1S/C39H32ClNO7/c1-20-16-32(43)36-30(37(20)44)19-29-26(34(36)27-12-10-24(42)18-31(27)40)13-14-28-35(29)39(46)41(38(28)45)23-8-5-21(6-9-23)4-7-22-17-25(47-2)11-15-33(22)48-3/h4-13,15-18,28-29,34-35,42H,14,19H2,1-3H3. The Labute approximate surface area is 282 Å². The second-order valence-electron chi connectivity index (χ2n) is 12.5. The van der Waals surface area contributed by atoms with E-state index < -0.39 is 23.7 Å². The molecule has 0 saturated carbocycles. The van der Waals surface area contributed by atoms with Gasteiger partial charge in [0.2, 0.25) is 11.8 Å². The third-order valence-electron chi connectivity index (χ3n) is 9.90. The molecule has 4 atom stereocenters. The van der Waals surface area contributed by atoms with E-state index in [2.05, 4.69) is 0 Å². The molecule has 242 valence electrons. The van der Waals surface area contributed by atoms with Gasteiger partial charge in [0.25, 0.3) is 0 Å². The number of phenols is 1. The second-order valence-corrected chi connectivity index (χ2v) is 12.9. The zero-order valence-corrected chi connectivity index (χ0v) is 27.3. The Bertz CT molecular complexity index is 2040. The number of rotatable bonds is 6. The van der Waals surface area contributed by atoms with E-state index in [1.165, 1.54) is 23.1 Å². The smallest absolute Gasteiger partial charge is 0.238 e. The maximum atomic E-state index is 14.3. The van der Waals surface area contributed by atoms with Gasteiger partial charge in [-0.3, -0.25) is 24.1 Å². The van der Waals surface area contributed by atoms with Crippen molar-refractivity contribution in [3.05, 3.63) is 117 Å². The Hall–Kier alpha value is -5.21. The lowest BCUT2D eigenvalue weighted by molar-refractivity contribution is -0.123. The summed E-state index contributed by atoms with van der Waals surface area (Å²) in [6.45, 7) is 1.61. The number of ether oxygens (including phenoxy) is 2. The van der Waals surface area contributed by atoms with E-state index in [-0.39, 0.29) is 40.6 Å². The molecule has 4 unspecified atom stereocenters. The van der Waals surface area contributed by atoms with Gasteiger partial charge in [0.1, 0.15) is 17.2 Å². The van der Waals surface area contributed by atoms with Crippen LogP contribution >= 0.6 is 11.6 Å². The van der Waals surface area contributed by atoms with Crippen molar-refractivity contribution in [2.45, 2.75) is 25.7 Å². The highest BCUT2D eigenvalue weighted by molar-refractivity contribution is 6.32. The molecule has 1 aliphatic heterocycles. The molecule has 3 aliphatic carbocycles. The van der Waals surface area contributed by atoms with Gasteiger partial charge in [-0.1, -0.05) is 53.6 Å². The molecule has 7 rings (SSSR count). The predicted molar refractivity (Wildman–Crippen MR) is 182 cm³/mol. The number of aromatic hydroxyl groups is 1. The van der Waals surface area contributed by atoms with Crippen LogP contribution in [0.3, 0.4) is 0 Å². The van der Waals surface area contributed by atoms with Crippen molar-refractivity contribution in [1.82, 2.24) is 0 Å². The second kappa shape index (κ2) is 12.1. The molecule has 9 heteroatoms. The highest BCUT2D eigenvalue weighted by atomic mass is 35.5. The number of ketones is 2. The van der Waals surface area contributed by atoms with Crippen molar-refractivity contribution >= 4 is 52.8 Å². The number of fused-ring (bicyclic) bond motifs is 3. The molecule has 2 amide bonds. The zero-order valence-electron chi connectivity index (χ0n) is 26.5. The maximum Gasteiger partial charge on any atom is 0.238 e. The molecular weight excluding hydrogens is 630 g/mol. The molecule has 1 heterocycles. The average molecular weight is 662 g/mol. The van der Waals surface area contributed by atoms with E-state index >= 15 is 0 Å². The van der Waals surface area contributed by atoms with Gasteiger partial charge in [0.15, 0.2) is 11.6 Å². The molecule has 48 heavy (non-hydrogen) atoms. The highest BCUT2D eigenvalue weighted by Crippen LogP contribution is 2.56. The number of carbonyl (C=O) groups is 4. The fraction of sp³-hybridized carbons (Fsp3) is 0.231. The van der Waals surface area contributed by atoms with Crippen molar-refractivity contribution in [2.24, 2.45) is 17.8 Å². The summed E-state index contributed by atoms with van der Waals surface area (Å²) in [5.41, 5.74) is 4.56. The predicted octanol–water partition coefficient (Wildman–Crippen LogP) is 6.87. The van der Waals surface area contributed by atoms with Crippen LogP contribution in [-0.4, -0.2) is 42.7 Å². The Morgan fingerprint density at radius 3 is 2.38 bits per heavy atom. The summed E-state index contributed by atoms with van der Waals surface area (Å²) < 4.78 is 10.8. The van der Waals surface area contributed by atoms with E-state index in [9.17, 15) is 24.3 Å². The number of benzene rings is 3. The summed E-state index contributed by atoms with van der Waals surface area (Å²) in [6.07, 6.45) is 7.60. The van der Waals surface area contributed by atoms with Gasteiger partial charge >= 0.3 is 0 Å². The van der Waals surface area contributed by atoms with Crippen LogP contribution in [0.25, 0.3) is 12.2 Å².